The molecule has 0 atom stereocenters. The van der Waals surface area contributed by atoms with E-state index < -0.39 is 0 Å². The van der Waals surface area contributed by atoms with E-state index in [0.29, 0.717) is 5.57 Å². The van der Waals surface area contributed by atoms with Crippen LogP contribution >= 0.6 is 0 Å². The van der Waals surface area contributed by atoms with E-state index in [1.807, 2.05) is 18.2 Å². The Labute approximate surface area is 248 Å². The van der Waals surface area contributed by atoms with Gasteiger partial charge in [-0.3, -0.25) is 0 Å². The Morgan fingerprint density at radius 1 is 0.476 bits per heavy atom. The van der Waals surface area contributed by atoms with Crippen LogP contribution in [0.3, 0.4) is 0 Å². The molecule has 6 aromatic rings. The van der Waals surface area contributed by atoms with Gasteiger partial charge in [-0.1, -0.05) is 145 Å². The molecule has 6 aromatic carbocycles. The third-order valence-electron chi connectivity index (χ3n) is 7.72. The number of hydrogen-bond acceptors (Lipinski definition) is 1. The summed E-state index contributed by atoms with van der Waals surface area (Å²) in [5, 5.41) is 10.6. The van der Waals surface area contributed by atoms with Crippen LogP contribution in [0.1, 0.15) is 22.3 Å². The molecule has 0 spiro atoms. The summed E-state index contributed by atoms with van der Waals surface area (Å²) < 4.78 is 0. The molecule has 0 saturated heterocycles. The van der Waals surface area contributed by atoms with Crippen molar-refractivity contribution in [2.45, 2.75) is 13.8 Å². The molecule has 1 nitrogen and oxygen atoms in total. The Morgan fingerprint density at radius 3 is 1.45 bits per heavy atom. The summed E-state index contributed by atoms with van der Waals surface area (Å²) in [6.45, 7) is 4.20. The lowest BCUT2D eigenvalue weighted by molar-refractivity contribution is 1.46. The van der Waals surface area contributed by atoms with Crippen molar-refractivity contribution >= 4 is 11.6 Å². The number of aryl methyl sites for hydroxylation is 2. The van der Waals surface area contributed by atoms with Crippen LogP contribution in [0.4, 0.5) is 0 Å². The molecule has 0 amide bonds. The second kappa shape index (κ2) is 12.0. The van der Waals surface area contributed by atoms with Gasteiger partial charge in [-0.25, -0.2) is 0 Å². The molecule has 0 unspecified atom stereocenters. The van der Waals surface area contributed by atoms with Crippen LogP contribution in [0, 0.1) is 25.2 Å². The molecule has 0 fully saturated rings. The molecule has 0 bridgehead atoms. The summed E-state index contributed by atoms with van der Waals surface area (Å²) >= 11 is 0. The van der Waals surface area contributed by atoms with Crippen molar-refractivity contribution in [2.75, 3.05) is 0 Å². The maximum absolute atomic E-state index is 10.6. The van der Waals surface area contributed by atoms with Gasteiger partial charge in [0.2, 0.25) is 0 Å². The Kier molecular flexibility index (Phi) is 7.62. The molecule has 42 heavy (non-hydrogen) atoms. The van der Waals surface area contributed by atoms with Gasteiger partial charge in [0.15, 0.2) is 0 Å². The number of hydrogen-bond donors (Lipinski definition) is 0. The zero-order valence-corrected chi connectivity index (χ0v) is 23.9. The molecule has 0 saturated carbocycles. The van der Waals surface area contributed by atoms with Gasteiger partial charge in [0, 0.05) is 5.56 Å². The van der Waals surface area contributed by atoms with Crippen LogP contribution in [0.25, 0.3) is 56.2 Å². The molecule has 0 aliphatic heterocycles. The van der Waals surface area contributed by atoms with Gasteiger partial charge in [-0.05, 0) is 82.1 Å². The molecule has 0 aromatic heterocycles. The highest BCUT2D eigenvalue weighted by Crippen LogP contribution is 2.37. The smallest absolute Gasteiger partial charge is 0.0998 e. The van der Waals surface area contributed by atoms with Crippen molar-refractivity contribution in [3.05, 3.63) is 168 Å². The maximum Gasteiger partial charge on any atom is 0.0998 e. The van der Waals surface area contributed by atoms with Crippen molar-refractivity contribution in [2.24, 2.45) is 0 Å². The van der Waals surface area contributed by atoms with Gasteiger partial charge in [0.25, 0.3) is 0 Å². The van der Waals surface area contributed by atoms with Crippen LogP contribution in [0.5, 0.6) is 0 Å². The summed E-state index contributed by atoms with van der Waals surface area (Å²) in [6, 6.07) is 53.4. The van der Waals surface area contributed by atoms with Crippen molar-refractivity contribution in [3.8, 4) is 50.6 Å². The highest BCUT2D eigenvalue weighted by molar-refractivity contribution is 5.98. The molecule has 0 aliphatic carbocycles. The lowest BCUT2D eigenvalue weighted by Crippen LogP contribution is -1.92. The Morgan fingerprint density at radius 2 is 0.929 bits per heavy atom. The van der Waals surface area contributed by atoms with E-state index >= 15 is 0 Å². The number of nitrogens with zero attached hydrogens (tertiary/aromatic N) is 1. The minimum atomic E-state index is 0.631. The summed E-state index contributed by atoms with van der Waals surface area (Å²) in [6.07, 6.45) is 2.04. The standard InChI is InChI=1S/C41H31N/c1-29-13-17-33(18-14-29)40-26-35(31-9-5-3-6-10-31)21-22-37(40)25-38(28-42)39-24-23-36(32-11-7-4-8-12-32)27-41(39)34-19-15-30(2)16-20-34/h3-27H,1-2H3/b38-25+. The topological polar surface area (TPSA) is 23.8 Å². The first kappa shape index (κ1) is 26.8. The number of rotatable bonds is 6. The predicted molar refractivity (Wildman–Crippen MR) is 178 cm³/mol. The average molecular weight is 538 g/mol. The van der Waals surface area contributed by atoms with Crippen LogP contribution in [-0.2, 0) is 0 Å². The minimum absolute atomic E-state index is 0.631. The van der Waals surface area contributed by atoms with E-state index in [-0.39, 0.29) is 0 Å². The van der Waals surface area contributed by atoms with Gasteiger partial charge >= 0.3 is 0 Å². The second-order valence-corrected chi connectivity index (χ2v) is 10.7. The first-order valence-corrected chi connectivity index (χ1v) is 14.2. The quantitative estimate of drug-likeness (QED) is 0.153. The molecular weight excluding hydrogens is 506 g/mol. The normalized spacial score (nSPS) is 11.2. The van der Waals surface area contributed by atoms with Gasteiger partial charge < -0.3 is 0 Å². The molecule has 0 heterocycles. The molecule has 0 radical (unpaired) electrons. The molecule has 1 heteroatoms. The van der Waals surface area contributed by atoms with Gasteiger partial charge in [0.05, 0.1) is 11.6 Å². The van der Waals surface area contributed by atoms with E-state index in [9.17, 15) is 5.26 Å². The highest BCUT2D eigenvalue weighted by atomic mass is 14.3. The molecular formula is C41H31N. The fraction of sp³-hybridized carbons (Fsp3) is 0.0488. The van der Waals surface area contributed by atoms with E-state index in [0.717, 1.165) is 50.1 Å². The third kappa shape index (κ3) is 5.71. The lowest BCUT2D eigenvalue weighted by atomic mass is 9.88. The first-order valence-electron chi connectivity index (χ1n) is 14.2. The van der Waals surface area contributed by atoms with Crippen LogP contribution in [0.15, 0.2) is 146 Å². The molecule has 0 N–H and O–H groups in total. The van der Waals surface area contributed by atoms with Crippen LogP contribution in [-0.4, -0.2) is 0 Å². The average Bonchev–Trinajstić information content (AvgIpc) is 3.05. The summed E-state index contributed by atoms with van der Waals surface area (Å²) in [7, 11) is 0. The number of nitriles is 1. The van der Waals surface area contributed by atoms with Crippen molar-refractivity contribution in [1.82, 2.24) is 0 Å². The van der Waals surface area contributed by atoms with E-state index in [4.69, 9.17) is 0 Å². The summed E-state index contributed by atoms with van der Waals surface area (Å²) in [5.41, 5.74) is 13.9. The Bertz CT molecular complexity index is 1910. The lowest BCUT2D eigenvalue weighted by Gasteiger charge is -2.14. The maximum atomic E-state index is 10.6. The van der Waals surface area contributed by atoms with E-state index in [1.165, 1.54) is 16.7 Å². The van der Waals surface area contributed by atoms with Gasteiger partial charge in [-0.15, -0.1) is 0 Å². The van der Waals surface area contributed by atoms with E-state index in [1.54, 1.807) is 0 Å². The zero-order chi connectivity index (χ0) is 28.9. The summed E-state index contributed by atoms with van der Waals surface area (Å²) in [5.74, 6) is 0. The van der Waals surface area contributed by atoms with Gasteiger partial charge in [0.1, 0.15) is 0 Å². The fourth-order valence-corrected chi connectivity index (χ4v) is 5.36. The van der Waals surface area contributed by atoms with Crippen molar-refractivity contribution in [3.63, 3.8) is 0 Å². The Balaban J connectivity index is 1.53. The molecule has 0 aliphatic rings. The second-order valence-electron chi connectivity index (χ2n) is 10.7. The van der Waals surface area contributed by atoms with Crippen LogP contribution in [0.2, 0.25) is 0 Å². The monoisotopic (exact) mass is 537 g/mol. The zero-order valence-electron chi connectivity index (χ0n) is 23.9. The van der Waals surface area contributed by atoms with Crippen molar-refractivity contribution < 1.29 is 0 Å². The molecule has 200 valence electrons. The van der Waals surface area contributed by atoms with Gasteiger partial charge in [-0.2, -0.15) is 5.26 Å². The van der Waals surface area contributed by atoms with Crippen LogP contribution < -0.4 is 0 Å². The van der Waals surface area contributed by atoms with E-state index in [2.05, 4.69) is 153 Å². The predicted octanol–water partition coefficient (Wildman–Crippen LogP) is 11.0. The molecule has 6 rings (SSSR count). The SMILES string of the molecule is Cc1ccc(-c2cc(-c3ccccc3)ccc2/C=C(\C#N)c2ccc(-c3ccccc3)cc2-c2ccc(C)cc2)cc1. The number of allylic oxidation sites excluding steroid dienone is 1. The summed E-state index contributed by atoms with van der Waals surface area (Å²) in [4.78, 5) is 0. The van der Waals surface area contributed by atoms with Crippen molar-refractivity contribution in [1.29, 1.82) is 5.26 Å². The third-order valence-corrected chi connectivity index (χ3v) is 7.72. The minimum Gasteiger partial charge on any atom is -0.192 e. The first-order chi connectivity index (χ1) is 20.6. The largest absolute Gasteiger partial charge is 0.192 e. The fourth-order valence-electron chi connectivity index (χ4n) is 5.36. The Hall–Kier alpha value is -5.45. The highest BCUT2D eigenvalue weighted by Gasteiger charge is 2.14. The number of benzene rings is 6.